The lowest BCUT2D eigenvalue weighted by Gasteiger charge is -2.14. The van der Waals surface area contributed by atoms with Gasteiger partial charge in [-0.05, 0) is 54.1 Å². The molecule has 1 atom stereocenters. The summed E-state index contributed by atoms with van der Waals surface area (Å²) in [6, 6.07) is 13.4. The number of anilines is 1. The molecule has 15 heteroatoms. The van der Waals surface area contributed by atoms with Gasteiger partial charge in [0.05, 0.1) is 24.0 Å². The van der Waals surface area contributed by atoms with E-state index in [-0.39, 0.29) is 18.2 Å². The Labute approximate surface area is 254 Å². The van der Waals surface area contributed by atoms with Gasteiger partial charge in [0.15, 0.2) is 0 Å². The maximum Gasteiger partial charge on any atom is 0.411 e. The highest BCUT2D eigenvalue weighted by Crippen LogP contribution is 2.35. The zero-order chi connectivity index (χ0) is 29.9. The number of carbonyl (C=O) groups is 1. The van der Waals surface area contributed by atoms with Crippen molar-refractivity contribution in [1.29, 1.82) is 0 Å². The van der Waals surface area contributed by atoms with Crippen LogP contribution >= 0.6 is 23.2 Å². The molecule has 4 heterocycles. The number of halogens is 2. The first-order valence-corrected chi connectivity index (χ1v) is 14.2. The van der Waals surface area contributed by atoms with Gasteiger partial charge in [-0.1, -0.05) is 35.3 Å². The van der Waals surface area contributed by atoms with E-state index in [9.17, 15) is 9.59 Å². The maximum absolute atomic E-state index is 13.5. The molecule has 1 aliphatic heterocycles. The van der Waals surface area contributed by atoms with E-state index in [1.165, 1.54) is 17.1 Å². The van der Waals surface area contributed by atoms with E-state index in [0.717, 1.165) is 5.56 Å². The fraction of sp³-hybridized carbons (Fsp3) is 0.250. The van der Waals surface area contributed by atoms with Gasteiger partial charge >= 0.3 is 6.09 Å². The van der Waals surface area contributed by atoms with E-state index in [2.05, 4.69) is 25.8 Å². The van der Waals surface area contributed by atoms with E-state index in [1.54, 1.807) is 47.0 Å². The number of hydrogen-bond donors (Lipinski definition) is 2. The fourth-order valence-corrected chi connectivity index (χ4v) is 5.37. The molecule has 0 radical (unpaired) electrons. The molecule has 0 saturated carbocycles. The number of nitrogens with zero attached hydrogens (tertiary/aromatic N) is 7. The van der Waals surface area contributed by atoms with Crippen molar-refractivity contribution in [3.63, 3.8) is 0 Å². The highest BCUT2D eigenvalue weighted by atomic mass is 35.5. The number of tetrazole rings is 1. The molecular weight excluding hydrogens is 597 g/mol. The molecule has 0 spiro atoms. The summed E-state index contributed by atoms with van der Waals surface area (Å²) in [7, 11) is 0. The molecule has 220 valence electrons. The molecule has 6 rings (SSSR count). The molecular formula is C28H25Cl2N9O4. The number of amides is 1. The maximum atomic E-state index is 13.5. The van der Waals surface area contributed by atoms with Gasteiger partial charge in [-0.15, -0.1) is 5.10 Å². The average molecular weight is 622 g/mol. The Hall–Kier alpha value is -4.59. The number of aromatic nitrogens is 8. The van der Waals surface area contributed by atoms with Crippen molar-refractivity contribution in [3.05, 3.63) is 87.0 Å². The number of nitrogens with one attached hydrogen (secondary N) is 2. The first-order chi connectivity index (χ1) is 20.9. The number of fused-ring (bicyclic) bond motifs is 1. The Balaban J connectivity index is 1.23. The van der Waals surface area contributed by atoms with Crippen LogP contribution in [0.2, 0.25) is 10.2 Å². The van der Waals surface area contributed by atoms with E-state index in [0.29, 0.717) is 76.2 Å². The van der Waals surface area contributed by atoms with Crippen molar-refractivity contribution in [2.75, 3.05) is 25.1 Å². The summed E-state index contributed by atoms with van der Waals surface area (Å²) in [4.78, 5) is 38.1. The standard InChI is InChI=1S/C28H25Cl2N9O4/c1-2-42-11-12-43-28(41)32-18-6-3-16(4-7-18)25-26(30)35-27(34-25)22-9-10-23-33-20(14-24(40)39(22)23)19-13-17(29)5-8-21(19)38-15-31-36-37-38/h3-8,13-15,22H,2,9-12H2,1H3,(H,32,41)(H,34,35)/t22-/m0/s1. The summed E-state index contributed by atoms with van der Waals surface area (Å²) >= 11 is 12.9. The third-order valence-electron chi connectivity index (χ3n) is 6.87. The average Bonchev–Trinajstić information content (AvgIpc) is 3.76. The highest BCUT2D eigenvalue weighted by Gasteiger charge is 2.30. The number of hydrogen-bond acceptors (Lipinski definition) is 9. The highest BCUT2D eigenvalue weighted by molar-refractivity contribution is 6.32. The lowest BCUT2D eigenvalue weighted by molar-refractivity contribution is 0.0850. The van der Waals surface area contributed by atoms with Gasteiger partial charge in [-0.25, -0.2) is 14.8 Å². The summed E-state index contributed by atoms with van der Waals surface area (Å²) < 4.78 is 13.4. The van der Waals surface area contributed by atoms with Crippen molar-refractivity contribution >= 4 is 35.0 Å². The Kier molecular flexibility index (Phi) is 8.18. The first kappa shape index (κ1) is 28.5. The van der Waals surface area contributed by atoms with Crippen molar-refractivity contribution in [2.24, 2.45) is 0 Å². The number of rotatable bonds is 9. The second-order valence-corrected chi connectivity index (χ2v) is 10.4. The van der Waals surface area contributed by atoms with Crippen LogP contribution in [0.3, 0.4) is 0 Å². The fourth-order valence-electron chi connectivity index (χ4n) is 4.95. The van der Waals surface area contributed by atoms with Crippen LogP contribution in [0.4, 0.5) is 10.5 Å². The molecule has 0 saturated heterocycles. The topological polar surface area (TPSA) is 155 Å². The molecule has 5 aromatic rings. The van der Waals surface area contributed by atoms with Crippen molar-refractivity contribution in [1.82, 2.24) is 39.7 Å². The summed E-state index contributed by atoms with van der Waals surface area (Å²) in [5.41, 5.74) is 3.32. The Morgan fingerprint density at radius 2 is 1.95 bits per heavy atom. The minimum Gasteiger partial charge on any atom is -0.447 e. The molecule has 0 fully saturated rings. The van der Waals surface area contributed by atoms with Crippen LogP contribution in [0, 0.1) is 0 Å². The zero-order valence-electron chi connectivity index (χ0n) is 22.8. The predicted molar refractivity (Wildman–Crippen MR) is 159 cm³/mol. The van der Waals surface area contributed by atoms with Gasteiger partial charge in [0.25, 0.3) is 5.56 Å². The number of carbonyl (C=O) groups excluding carboxylic acids is 1. The number of benzene rings is 2. The Morgan fingerprint density at radius 1 is 1.12 bits per heavy atom. The van der Waals surface area contributed by atoms with E-state index >= 15 is 0 Å². The molecule has 43 heavy (non-hydrogen) atoms. The van der Waals surface area contributed by atoms with E-state index in [4.69, 9.17) is 42.6 Å². The van der Waals surface area contributed by atoms with Crippen LogP contribution in [0.25, 0.3) is 28.2 Å². The second kappa shape index (κ2) is 12.3. The minimum absolute atomic E-state index is 0.163. The molecule has 0 bridgehead atoms. The van der Waals surface area contributed by atoms with Crippen LogP contribution in [0.15, 0.2) is 59.7 Å². The lowest BCUT2D eigenvalue weighted by Crippen LogP contribution is -2.25. The van der Waals surface area contributed by atoms with Crippen LogP contribution in [0.1, 0.15) is 31.0 Å². The number of imidazole rings is 1. The quantitative estimate of drug-likeness (QED) is 0.223. The Bertz CT molecular complexity index is 1820. The van der Waals surface area contributed by atoms with Crippen LogP contribution < -0.4 is 10.9 Å². The SMILES string of the molecule is CCOCCOC(=O)Nc1ccc(-c2nc([C@@H]3CCc4nc(-c5cc(Cl)ccc5-n5cnnn5)cc(=O)n43)[nH]c2Cl)cc1. The largest absolute Gasteiger partial charge is 0.447 e. The number of aryl methyl sites for hydroxylation is 1. The molecule has 0 aliphatic carbocycles. The van der Waals surface area contributed by atoms with E-state index in [1.807, 2.05) is 6.92 Å². The summed E-state index contributed by atoms with van der Waals surface area (Å²) in [6.45, 7) is 2.92. The van der Waals surface area contributed by atoms with E-state index < -0.39 is 6.09 Å². The first-order valence-electron chi connectivity index (χ1n) is 13.4. The Morgan fingerprint density at radius 3 is 2.72 bits per heavy atom. The zero-order valence-corrected chi connectivity index (χ0v) is 24.3. The van der Waals surface area contributed by atoms with Crippen molar-refractivity contribution in [3.8, 4) is 28.2 Å². The summed E-state index contributed by atoms with van der Waals surface area (Å²) in [5, 5.41) is 14.9. The number of ether oxygens (including phenoxy) is 2. The monoisotopic (exact) mass is 621 g/mol. The summed E-state index contributed by atoms with van der Waals surface area (Å²) in [5.74, 6) is 1.17. The molecule has 3 aromatic heterocycles. The molecule has 2 aromatic carbocycles. The van der Waals surface area contributed by atoms with Gasteiger partial charge in [0.2, 0.25) is 0 Å². The van der Waals surface area contributed by atoms with Gasteiger partial charge in [-0.2, -0.15) is 4.68 Å². The van der Waals surface area contributed by atoms with Gasteiger partial charge in [0, 0.05) is 40.9 Å². The smallest absolute Gasteiger partial charge is 0.411 e. The van der Waals surface area contributed by atoms with Crippen LogP contribution in [-0.2, 0) is 15.9 Å². The number of aromatic amines is 1. The number of H-pyrrole nitrogens is 1. The molecule has 13 nitrogen and oxygen atoms in total. The predicted octanol–water partition coefficient (Wildman–Crippen LogP) is 4.70. The molecule has 1 aliphatic rings. The lowest BCUT2D eigenvalue weighted by atomic mass is 10.1. The normalized spacial score (nSPS) is 14.1. The summed E-state index contributed by atoms with van der Waals surface area (Å²) in [6.07, 6.45) is 2.06. The minimum atomic E-state index is -0.573. The van der Waals surface area contributed by atoms with Gasteiger partial charge in [-0.3, -0.25) is 14.7 Å². The molecule has 0 unspecified atom stereocenters. The second-order valence-electron chi connectivity index (χ2n) is 9.56. The van der Waals surface area contributed by atoms with Crippen molar-refractivity contribution < 1.29 is 14.3 Å². The van der Waals surface area contributed by atoms with Crippen LogP contribution in [-0.4, -0.2) is 65.6 Å². The molecule has 2 N–H and O–H groups in total. The third kappa shape index (κ3) is 6.00. The molecule has 1 amide bonds. The van der Waals surface area contributed by atoms with Gasteiger partial charge < -0.3 is 14.5 Å². The van der Waals surface area contributed by atoms with Crippen molar-refractivity contribution in [2.45, 2.75) is 25.8 Å². The van der Waals surface area contributed by atoms with Crippen LogP contribution in [0.5, 0.6) is 0 Å². The van der Waals surface area contributed by atoms with Gasteiger partial charge in [0.1, 0.15) is 35.4 Å². The third-order valence-corrected chi connectivity index (χ3v) is 7.38.